The van der Waals surface area contributed by atoms with Crippen LogP contribution in [0, 0.1) is 0 Å². The molecule has 182 valence electrons. The van der Waals surface area contributed by atoms with Crippen LogP contribution in [0.25, 0.3) is 10.8 Å². The topological polar surface area (TPSA) is 29.3 Å². The van der Waals surface area contributed by atoms with Crippen LogP contribution in [0.5, 0.6) is 0 Å². The van der Waals surface area contributed by atoms with Crippen LogP contribution in [0.15, 0.2) is 84.9 Å². The van der Waals surface area contributed by atoms with Gasteiger partial charge in [0.05, 0.1) is 5.69 Å². The molecule has 0 saturated heterocycles. The quantitative estimate of drug-likeness (QED) is 0.295. The third-order valence-corrected chi connectivity index (χ3v) is 6.98. The molecule has 4 rings (SSSR count). The average Bonchev–Trinajstić information content (AvgIpc) is 2.84. The second-order valence-electron chi connectivity index (χ2n) is 11.0. The van der Waals surface area contributed by atoms with Gasteiger partial charge in [-0.25, -0.2) is 0 Å². The van der Waals surface area contributed by atoms with Crippen LogP contribution in [-0.2, 0) is 5.41 Å². The lowest BCUT2D eigenvalue weighted by Gasteiger charge is -2.29. The van der Waals surface area contributed by atoms with E-state index in [1.54, 1.807) is 0 Å². The largest absolute Gasteiger partial charge is 0.324 e. The van der Waals surface area contributed by atoms with Gasteiger partial charge >= 0.3 is 0 Å². The summed E-state index contributed by atoms with van der Waals surface area (Å²) in [5.41, 5.74) is 14.1. The Morgan fingerprint density at radius 1 is 0.743 bits per heavy atom. The molecule has 0 amide bonds. The molecule has 0 aliphatic carbocycles. The highest BCUT2D eigenvalue weighted by Gasteiger charge is 2.20. The van der Waals surface area contributed by atoms with Crippen molar-refractivity contribution < 1.29 is 0 Å². The van der Waals surface area contributed by atoms with E-state index in [0.717, 1.165) is 24.2 Å². The first-order valence-electron chi connectivity index (χ1n) is 13.0. The summed E-state index contributed by atoms with van der Waals surface area (Å²) in [4.78, 5) is 2.38. The van der Waals surface area contributed by atoms with Crippen LogP contribution < -0.4 is 10.6 Å². The Morgan fingerprint density at radius 2 is 1.31 bits per heavy atom. The van der Waals surface area contributed by atoms with Gasteiger partial charge in [0.15, 0.2) is 0 Å². The summed E-state index contributed by atoms with van der Waals surface area (Å²) in [7, 11) is 0. The number of fused-ring (bicyclic) bond motifs is 1. The fourth-order valence-electron chi connectivity index (χ4n) is 4.84. The highest BCUT2D eigenvalue weighted by molar-refractivity contribution is 6.00. The Morgan fingerprint density at radius 3 is 1.86 bits per heavy atom. The van der Waals surface area contributed by atoms with E-state index in [1.807, 2.05) is 0 Å². The van der Waals surface area contributed by atoms with Gasteiger partial charge in [0.2, 0.25) is 0 Å². The van der Waals surface area contributed by atoms with Gasteiger partial charge in [0.25, 0.3) is 0 Å². The summed E-state index contributed by atoms with van der Waals surface area (Å²) in [6.07, 6.45) is 2.06. The van der Waals surface area contributed by atoms with Crippen molar-refractivity contribution in [1.82, 2.24) is 0 Å². The van der Waals surface area contributed by atoms with Gasteiger partial charge in [-0.05, 0) is 70.2 Å². The molecule has 0 fully saturated rings. The first kappa shape index (κ1) is 25.0. The standard InChI is InChI=1S/C33H40N2/c1-7-10-31(34)29-21-22-32(30-12-9-8-11-28(29)30)35(26-17-13-24(14-18-26)23(2)3)27-19-15-25(16-20-27)33(4,5)6/h8-9,11-23,31H,7,10,34H2,1-6H3. The van der Waals surface area contributed by atoms with E-state index in [0.29, 0.717) is 5.92 Å². The van der Waals surface area contributed by atoms with Crippen molar-refractivity contribution in [1.29, 1.82) is 0 Å². The molecule has 0 bridgehead atoms. The molecule has 4 aromatic rings. The minimum absolute atomic E-state index is 0.0452. The molecular formula is C33H40N2. The first-order valence-corrected chi connectivity index (χ1v) is 13.0. The monoisotopic (exact) mass is 464 g/mol. The van der Waals surface area contributed by atoms with Crippen LogP contribution in [0.4, 0.5) is 17.1 Å². The smallest absolute Gasteiger partial charge is 0.0540 e. The predicted molar refractivity (Wildman–Crippen MR) is 153 cm³/mol. The minimum atomic E-state index is 0.0452. The zero-order valence-corrected chi connectivity index (χ0v) is 22.2. The fourth-order valence-corrected chi connectivity index (χ4v) is 4.84. The molecule has 1 unspecified atom stereocenters. The van der Waals surface area contributed by atoms with E-state index >= 15 is 0 Å². The predicted octanol–water partition coefficient (Wildman–Crippen LogP) is 9.53. The molecule has 1 atom stereocenters. The van der Waals surface area contributed by atoms with E-state index in [1.165, 1.54) is 33.2 Å². The van der Waals surface area contributed by atoms with Gasteiger partial charge in [-0.2, -0.15) is 0 Å². The summed E-state index contributed by atoms with van der Waals surface area (Å²) >= 11 is 0. The molecule has 2 N–H and O–H groups in total. The zero-order chi connectivity index (χ0) is 25.2. The van der Waals surface area contributed by atoms with Crippen LogP contribution in [0.2, 0.25) is 0 Å². The molecular weight excluding hydrogens is 424 g/mol. The fraction of sp³-hybridized carbons (Fsp3) is 0.333. The Bertz CT molecular complexity index is 1260. The molecule has 0 saturated carbocycles. The molecule has 0 heterocycles. The van der Waals surface area contributed by atoms with Crippen molar-refractivity contribution in [2.24, 2.45) is 5.73 Å². The molecule has 2 nitrogen and oxygen atoms in total. The van der Waals surface area contributed by atoms with E-state index < -0.39 is 0 Å². The number of benzene rings is 4. The lowest BCUT2D eigenvalue weighted by atomic mass is 9.87. The normalized spacial score (nSPS) is 12.8. The summed E-state index contributed by atoms with van der Waals surface area (Å²) in [6, 6.07) is 31.3. The number of nitrogens with zero attached hydrogens (tertiary/aromatic N) is 1. The number of hydrogen-bond donors (Lipinski definition) is 1. The number of rotatable bonds is 7. The van der Waals surface area contributed by atoms with Gasteiger partial charge in [0, 0.05) is 22.8 Å². The SMILES string of the molecule is CCCC(N)c1ccc(N(c2ccc(C(C)C)cc2)c2ccc(C(C)(C)C)cc2)c2ccccc12. The molecule has 35 heavy (non-hydrogen) atoms. The third-order valence-electron chi connectivity index (χ3n) is 6.98. The summed E-state index contributed by atoms with van der Waals surface area (Å²) in [6.45, 7) is 13.5. The molecule has 2 heteroatoms. The number of hydrogen-bond acceptors (Lipinski definition) is 2. The van der Waals surface area contributed by atoms with Crippen molar-refractivity contribution in [3.05, 3.63) is 102 Å². The maximum absolute atomic E-state index is 6.61. The summed E-state index contributed by atoms with van der Waals surface area (Å²) < 4.78 is 0. The third kappa shape index (κ3) is 5.28. The van der Waals surface area contributed by atoms with Crippen molar-refractivity contribution in [2.75, 3.05) is 4.90 Å². The van der Waals surface area contributed by atoms with Crippen LogP contribution in [0.1, 0.15) is 83.0 Å². The Kier molecular flexibility index (Phi) is 7.33. The Balaban J connectivity index is 1.91. The van der Waals surface area contributed by atoms with E-state index in [4.69, 9.17) is 5.73 Å². The summed E-state index contributed by atoms with van der Waals surface area (Å²) in [5, 5.41) is 2.46. The number of nitrogens with two attached hydrogens (primary N) is 1. The van der Waals surface area contributed by atoms with Crippen molar-refractivity contribution in [2.45, 2.75) is 71.8 Å². The van der Waals surface area contributed by atoms with Crippen LogP contribution >= 0.6 is 0 Å². The minimum Gasteiger partial charge on any atom is -0.324 e. The van der Waals surface area contributed by atoms with Gasteiger partial charge in [0.1, 0.15) is 0 Å². The molecule has 0 aromatic heterocycles. The van der Waals surface area contributed by atoms with Crippen molar-refractivity contribution >= 4 is 27.8 Å². The van der Waals surface area contributed by atoms with Crippen molar-refractivity contribution in [3.63, 3.8) is 0 Å². The maximum atomic E-state index is 6.61. The molecule has 0 spiro atoms. The van der Waals surface area contributed by atoms with Crippen LogP contribution in [-0.4, -0.2) is 0 Å². The molecule has 0 aliphatic heterocycles. The van der Waals surface area contributed by atoms with E-state index in [2.05, 4.69) is 131 Å². The highest BCUT2D eigenvalue weighted by Crippen LogP contribution is 2.41. The number of anilines is 3. The second kappa shape index (κ2) is 10.3. The summed E-state index contributed by atoms with van der Waals surface area (Å²) in [5.74, 6) is 0.503. The lowest BCUT2D eigenvalue weighted by Crippen LogP contribution is -2.14. The van der Waals surface area contributed by atoms with Gasteiger partial charge in [-0.15, -0.1) is 0 Å². The Labute approximate surface area is 211 Å². The Hall–Kier alpha value is -3.10. The zero-order valence-electron chi connectivity index (χ0n) is 22.2. The highest BCUT2D eigenvalue weighted by atomic mass is 15.1. The maximum Gasteiger partial charge on any atom is 0.0540 e. The van der Waals surface area contributed by atoms with Crippen LogP contribution in [0.3, 0.4) is 0 Å². The van der Waals surface area contributed by atoms with E-state index in [-0.39, 0.29) is 11.5 Å². The second-order valence-corrected chi connectivity index (χ2v) is 11.0. The van der Waals surface area contributed by atoms with E-state index in [9.17, 15) is 0 Å². The lowest BCUT2D eigenvalue weighted by molar-refractivity contribution is 0.590. The van der Waals surface area contributed by atoms with Gasteiger partial charge < -0.3 is 10.6 Å². The molecule has 0 radical (unpaired) electrons. The van der Waals surface area contributed by atoms with Crippen molar-refractivity contribution in [3.8, 4) is 0 Å². The molecule has 4 aromatic carbocycles. The van der Waals surface area contributed by atoms with Gasteiger partial charge in [-0.1, -0.05) is 103 Å². The average molecular weight is 465 g/mol. The van der Waals surface area contributed by atoms with Gasteiger partial charge in [-0.3, -0.25) is 0 Å². The first-order chi connectivity index (χ1) is 16.7. The molecule has 0 aliphatic rings.